The van der Waals surface area contributed by atoms with Crippen molar-refractivity contribution in [2.75, 3.05) is 25.1 Å². The lowest BCUT2D eigenvalue weighted by molar-refractivity contribution is -0.172. The Bertz CT molecular complexity index is 384. The fourth-order valence-corrected chi connectivity index (χ4v) is 2.39. The summed E-state index contributed by atoms with van der Waals surface area (Å²) in [7, 11) is 0. The van der Waals surface area contributed by atoms with E-state index in [1.54, 1.807) is 0 Å². The summed E-state index contributed by atoms with van der Waals surface area (Å²) in [4.78, 5) is 0. The second-order valence-corrected chi connectivity index (χ2v) is 4.89. The summed E-state index contributed by atoms with van der Waals surface area (Å²) in [6.07, 6.45) is -4.26. The molecule has 0 saturated heterocycles. The van der Waals surface area contributed by atoms with Gasteiger partial charge in [-0.25, -0.2) is 0 Å². The van der Waals surface area contributed by atoms with E-state index in [2.05, 4.69) is 26.0 Å². The first-order chi connectivity index (χ1) is 8.29. The highest BCUT2D eigenvalue weighted by Gasteiger charge is 2.27. The molecular formula is C12H15BrF3NO. The van der Waals surface area contributed by atoms with Gasteiger partial charge in [-0.3, -0.25) is 0 Å². The van der Waals surface area contributed by atoms with E-state index in [4.69, 9.17) is 0 Å². The van der Waals surface area contributed by atoms with Crippen LogP contribution in [0, 0.1) is 13.8 Å². The number of benzene rings is 1. The lowest BCUT2D eigenvalue weighted by atomic mass is 10.1. The van der Waals surface area contributed by atoms with E-state index in [-0.39, 0.29) is 6.61 Å². The van der Waals surface area contributed by atoms with Gasteiger partial charge in [-0.2, -0.15) is 13.2 Å². The van der Waals surface area contributed by atoms with Crippen LogP contribution in [0.25, 0.3) is 0 Å². The fourth-order valence-electron chi connectivity index (χ4n) is 1.58. The first-order valence-corrected chi connectivity index (χ1v) is 6.24. The predicted octanol–water partition coefficient (Wildman–Crippen LogP) is 4.06. The number of aryl methyl sites for hydroxylation is 2. The van der Waals surface area contributed by atoms with Crippen LogP contribution in [0.4, 0.5) is 18.9 Å². The summed E-state index contributed by atoms with van der Waals surface area (Å²) in [6.45, 7) is 3.06. The maximum atomic E-state index is 11.8. The van der Waals surface area contributed by atoms with Crippen molar-refractivity contribution in [3.8, 4) is 0 Å². The van der Waals surface area contributed by atoms with Crippen LogP contribution in [0.15, 0.2) is 16.6 Å². The van der Waals surface area contributed by atoms with Gasteiger partial charge in [-0.05, 0) is 47.0 Å². The van der Waals surface area contributed by atoms with E-state index in [1.807, 2.05) is 26.0 Å². The molecule has 0 aliphatic carbocycles. The average molecular weight is 326 g/mol. The Morgan fingerprint density at radius 2 is 1.94 bits per heavy atom. The van der Waals surface area contributed by atoms with Gasteiger partial charge < -0.3 is 10.1 Å². The Kier molecular flexibility index (Phi) is 5.47. The van der Waals surface area contributed by atoms with Gasteiger partial charge >= 0.3 is 6.18 Å². The summed E-state index contributed by atoms with van der Waals surface area (Å²) < 4.78 is 40.9. The number of nitrogens with one attached hydrogen (secondary N) is 1. The molecule has 102 valence electrons. The van der Waals surface area contributed by atoms with Gasteiger partial charge in [0, 0.05) is 11.0 Å². The van der Waals surface area contributed by atoms with Crippen LogP contribution in [0.2, 0.25) is 0 Å². The second kappa shape index (κ2) is 6.43. The normalized spacial score (nSPS) is 11.7. The van der Waals surface area contributed by atoms with Crippen LogP contribution in [0.1, 0.15) is 11.1 Å². The van der Waals surface area contributed by atoms with E-state index >= 15 is 0 Å². The molecule has 18 heavy (non-hydrogen) atoms. The van der Waals surface area contributed by atoms with E-state index in [9.17, 15) is 13.2 Å². The maximum absolute atomic E-state index is 11.8. The van der Waals surface area contributed by atoms with E-state index in [0.29, 0.717) is 6.54 Å². The standard InChI is InChI=1S/C12H15BrF3NO/c1-8-5-9(2)11(10(13)6-8)17-3-4-18-7-12(14,15)16/h5-6,17H,3-4,7H2,1-2H3. The molecule has 1 aromatic carbocycles. The minimum absolute atomic E-state index is 0.0132. The lowest BCUT2D eigenvalue weighted by Gasteiger charge is -2.13. The molecule has 0 heterocycles. The third-order valence-electron chi connectivity index (χ3n) is 2.25. The fraction of sp³-hybridized carbons (Fsp3) is 0.500. The molecule has 0 aliphatic heterocycles. The summed E-state index contributed by atoms with van der Waals surface area (Å²) in [5.74, 6) is 0. The molecule has 0 amide bonds. The predicted molar refractivity (Wildman–Crippen MR) is 69.0 cm³/mol. The third kappa shape index (κ3) is 5.27. The molecule has 0 spiro atoms. The van der Waals surface area contributed by atoms with Crippen LogP contribution in [-0.4, -0.2) is 25.9 Å². The quantitative estimate of drug-likeness (QED) is 0.824. The number of hydrogen-bond donors (Lipinski definition) is 1. The van der Waals surface area contributed by atoms with Crippen molar-refractivity contribution in [2.45, 2.75) is 20.0 Å². The number of rotatable bonds is 5. The lowest BCUT2D eigenvalue weighted by Crippen LogP contribution is -2.20. The molecule has 0 bridgehead atoms. The molecule has 2 nitrogen and oxygen atoms in total. The number of halogens is 4. The highest BCUT2D eigenvalue weighted by molar-refractivity contribution is 9.10. The van der Waals surface area contributed by atoms with Crippen molar-refractivity contribution < 1.29 is 17.9 Å². The smallest absolute Gasteiger partial charge is 0.382 e. The highest BCUT2D eigenvalue weighted by atomic mass is 79.9. The van der Waals surface area contributed by atoms with Gasteiger partial charge in [0.25, 0.3) is 0 Å². The van der Waals surface area contributed by atoms with Gasteiger partial charge in [0.2, 0.25) is 0 Å². The topological polar surface area (TPSA) is 21.3 Å². The minimum atomic E-state index is -4.26. The Morgan fingerprint density at radius 3 is 2.50 bits per heavy atom. The highest BCUT2D eigenvalue weighted by Crippen LogP contribution is 2.27. The largest absolute Gasteiger partial charge is 0.411 e. The molecule has 0 atom stereocenters. The van der Waals surface area contributed by atoms with Crippen molar-refractivity contribution in [2.24, 2.45) is 0 Å². The van der Waals surface area contributed by atoms with Crippen LogP contribution in [0.3, 0.4) is 0 Å². The number of ether oxygens (including phenoxy) is 1. The first kappa shape index (κ1) is 15.3. The van der Waals surface area contributed by atoms with Crippen molar-refractivity contribution in [1.82, 2.24) is 0 Å². The molecule has 0 unspecified atom stereocenters. The van der Waals surface area contributed by atoms with Gasteiger partial charge in [0.05, 0.1) is 12.3 Å². The zero-order valence-corrected chi connectivity index (χ0v) is 11.8. The molecule has 0 fully saturated rings. The molecule has 1 aromatic rings. The van der Waals surface area contributed by atoms with E-state index < -0.39 is 12.8 Å². The monoisotopic (exact) mass is 325 g/mol. The molecule has 1 rings (SSSR count). The molecule has 0 aromatic heterocycles. The average Bonchev–Trinajstić information content (AvgIpc) is 2.19. The zero-order valence-electron chi connectivity index (χ0n) is 10.2. The van der Waals surface area contributed by atoms with Crippen molar-refractivity contribution in [1.29, 1.82) is 0 Å². The van der Waals surface area contributed by atoms with Gasteiger partial charge in [-0.1, -0.05) is 6.07 Å². The molecule has 0 saturated carbocycles. The number of alkyl halides is 3. The SMILES string of the molecule is Cc1cc(C)c(NCCOCC(F)(F)F)c(Br)c1. The maximum Gasteiger partial charge on any atom is 0.411 e. The van der Waals surface area contributed by atoms with Gasteiger partial charge in [0.15, 0.2) is 0 Å². The van der Waals surface area contributed by atoms with Crippen LogP contribution < -0.4 is 5.32 Å². The van der Waals surface area contributed by atoms with Crippen LogP contribution >= 0.6 is 15.9 Å². The Balaban J connectivity index is 2.41. The van der Waals surface area contributed by atoms with Crippen LogP contribution in [-0.2, 0) is 4.74 Å². The van der Waals surface area contributed by atoms with E-state index in [1.165, 1.54) is 0 Å². The Hall–Kier alpha value is -0.750. The number of anilines is 1. The number of hydrogen-bond acceptors (Lipinski definition) is 2. The van der Waals surface area contributed by atoms with E-state index in [0.717, 1.165) is 21.3 Å². The Labute approximate surface area is 113 Å². The van der Waals surface area contributed by atoms with Gasteiger partial charge in [-0.15, -0.1) is 0 Å². The molecule has 1 N–H and O–H groups in total. The van der Waals surface area contributed by atoms with Crippen molar-refractivity contribution >= 4 is 21.6 Å². The minimum Gasteiger partial charge on any atom is -0.382 e. The zero-order chi connectivity index (χ0) is 13.8. The summed E-state index contributed by atoms with van der Waals surface area (Å²) in [5, 5.41) is 3.06. The van der Waals surface area contributed by atoms with Crippen LogP contribution in [0.5, 0.6) is 0 Å². The summed E-state index contributed by atoms with van der Waals surface area (Å²) in [6, 6.07) is 3.95. The van der Waals surface area contributed by atoms with Gasteiger partial charge in [0.1, 0.15) is 6.61 Å². The Morgan fingerprint density at radius 1 is 1.28 bits per heavy atom. The van der Waals surface area contributed by atoms with Crippen molar-refractivity contribution in [3.63, 3.8) is 0 Å². The first-order valence-electron chi connectivity index (χ1n) is 5.45. The second-order valence-electron chi connectivity index (χ2n) is 4.03. The molecule has 0 aliphatic rings. The third-order valence-corrected chi connectivity index (χ3v) is 2.87. The molecule has 6 heteroatoms. The summed E-state index contributed by atoms with van der Waals surface area (Å²) >= 11 is 3.42. The molecular weight excluding hydrogens is 311 g/mol. The summed E-state index contributed by atoms with van der Waals surface area (Å²) in [5.41, 5.74) is 3.05. The molecule has 0 radical (unpaired) electrons. The van der Waals surface area contributed by atoms with Crippen molar-refractivity contribution in [3.05, 3.63) is 27.7 Å².